The number of allylic oxidation sites excluding steroid dienone is 2. The van der Waals surface area contributed by atoms with Crippen molar-refractivity contribution in [3.05, 3.63) is 45.4 Å². The van der Waals surface area contributed by atoms with Gasteiger partial charge in [0.15, 0.2) is 0 Å². The number of phenols is 1. The minimum Gasteiger partial charge on any atom is -0.633 e. The Labute approximate surface area is 188 Å². The highest BCUT2D eigenvalue weighted by Gasteiger charge is 2.31. The van der Waals surface area contributed by atoms with Crippen molar-refractivity contribution in [1.29, 1.82) is 0 Å². The zero-order valence-electron chi connectivity index (χ0n) is 18.9. The van der Waals surface area contributed by atoms with E-state index in [4.69, 9.17) is 18.9 Å². The van der Waals surface area contributed by atoms with Gasteiger partial charge in [-0.05, 0) is 32.3 Å². The molecule has 32 heavy (non-hydrogen) atoms. The molecule has 1 fully saturated rings. The monoisotopic (exact) mass is 450 g/mol. The molecular weight excluding hydrogens is 418 g/mol. The largest absolute Gasteiger partial charge is 0.633 e. The first-order valence-corrected chi connectivity index (χ1v) is 10.8. The number of hydroxylamine groups is 3. The third-order valence-corrected chi connectivity index (χ3v) is 6.09. The number of aliphatic hydroxyl groups is 1. The van der Waals surface area contributed by atoms with Crippen LogP contribution in [-0.4, -0.2) is 67.4 Å². The van der Waals surface area contributed by atoms with Crippen molar-refractivity contribution in [3.8, 4) is 11.5 Å². The van der Waals surface area contributed by atoms with Crippen LogP contribution in [0.15, 0.2) is 11.6 Å². The lowest BCUT2D eigenvalue weighted by Gasteiger charge is -2.45. The van der Waals surface area contributed by atoms with Crippen molar-refractivity contribution in [2.75, 3.05) is 46.6 Å². The lowest BCUT2D eigenvalue weighted by molar-refractivity contribution is -0.889. The molecule has 0 bridgehead atoms. The van der Waals surface area contributed by atoms with Gasteiger partial charge in [0.05, 0.1) is 26.9 Å². The highest BCUT2D eigenvalue weighted by atomic mass is 16.6. The summed E-state index contributed by atoms with van der Waals surface area (Å²) in [6, 6.07) is 0. The Balaban J connectivity index is 1.53. The Morgan fingerprint density at radius 1 is 1.28 bits per heavy atom. The van der Waals surface area contributed by atoms with Gasteiger partial charge in [0.2, 0.25) is 6.29 Å². The fourth-order valence-electron chi connectivity index (χ4n) is 4.01. The van der Waals surface area contributed by atoms with Gasteiger partial charge in [-0.25, -0.2) is 4.79 Å². The van der Waals surface area contributed by atoms with Gasteiger partial charge in [-0.15, -0.1) is 0 Å². The SMILES string of the molecule is COc1c(C)c2c(c(O)c1C/C=C(\C)CC[C](O)OCC[N+]1([O-])CCOCC1)C(=O)OC2. The number of methoxy groups -OCH3 is 1. The van der Waals surface area contributed by atoms with E-state index in [0.29, 0.717) is 62.4 Å². The molecule has 1 saturated heterocycles. The Bertz CT molecular complexity index is 860. The van der Waals surface area contributed by atoms with Gasteiger partial charge < -0.3 is 39.0 Å². The summed E-state index contributed by atoms with van der Waals surface area (Å²) in [7, 11) is 1.53. The molecule has 0 amide bonds. The smallest absolute Gasteiger partial charge is 0.342 e. The molecule has 2 aliphatic heterocycles. The maximum Gasteiger partial charge on any atom is 0.342 e. The first kappa shape index (κ1) is 24.5. The molecule has 1 aromatic carbocycles. The highest BCUT2D eigenvalue weighted by Crippen LogP contribution is 2.42. The van der Waals surface area contributed by atoms with Gasteiger partial charge in [-0.1, -0.05) is 11.6 Å². The number of aromatic hydroxyl groups is 1. The maximum atomic E-state index is 12.4. The van der Waals surface area contributed by atoms with Gasteiger partial charge in [0.1, 0.15) is 43.3 Å². The molecule has 9 nitrogen and oxygen atoms in total. The molecular formula is C23H32NO8. The van der Waals surface area contributed by atoms with Gasteiger partial charge in [0, 0.05) is 17.5 Å². The van der Waals surface area contributed by atoms with E-state index in [1.54, 1.807) is 0 Å². The molecule has 0 spiro atoms. The van der Waals surface area contributed by atoms with E-state index in [9.17, 15) is 20.2 Å². The summed E-state index contributed by atoms with van der Waals surface area (Å²) in [4.78, 5) is 12.0. The second-order valence-corrected chi connectivity index (χ2v) is 8.25. The molecule has 0 unspecified atom stereocenters. The van der Waals surface area contributed by atoms with Crippen LogP contribution in [0.5, 0.6) is 11.5 Å². The van der Waals surface area contributed by atoms with Crippen molar-refractivity contribution in [2.24, 2.45) is 0 Å². The van der Waals surface area contributed by atoms with Crippen molar-refractivity contribution in [2.45, 2.75) is 39.7 Å². The van der Waals surface area contributed by atoms with E-state index >= 15 is 0 Å². The molecule has 1 radical (unpaired) electrons. The predicted octanol–water partition coefficient (Wildman–Crippen LogP) is 2.87. The lowest BCUT2D eigenvalue weighted by atomic mass is 9.94. The molecule has 0 atom stereocenters. The zero-order chi connectivity index (χ0) is 23.3. The van der Waals surface area contributed by atoms with E-state index in [1.165, 1.54) is 7.11 Å². The Morgan fingerprint density at radius 2 is 2.00 bits per heavy atom. The number of rotatable bonds is 10. The van der Waals surface area contributed by atoms with Gasteiger partial charge >= 0.3 is 5.97 Å². The Kier molecular flexibility index (Phi) is 8.13. The quantitative estimate of drug-likeness (QED) is 0.242. The van der Waals surface area contributed by atoms with E-state index in [-0.39, 0.29) is 42.0 Å². The number of morpholine rings is 1. The van der Waals surface area contributed by atoms with Crippen molar-refractivity contribution in [3.63, 3.8) is 0 Å². The number of carbonyl (C=O) groups excluding carboxylic acids is 1. The van der Waals surface area contributed by atoms with Crippen LogP contribution in [0.2, 0.25) is 0 Å². The molecule has 9 heteroatoms. The second kappa shape index (κ2) is 10.6. The number of fused-ring (bicyclic) bond motifs is 1. The van der Waals surface area contributed by atoms with Crippen LogP contribution in [0.4, 0.5) is 0 Å². The number of hydrogen-bond donors (Lipinski definition) is 2. The second-order valence-electron chi connectivity index (χ2n) is 8.25. The van der Waals surface area contributed by atoms with Crippen LogP contribution in [0.3, 0.4) is 0 Å². The molecule has 2 heterocycles. The molecule has 0 aliphatic carbocycles. The number of ether oxygens (including phenoxy) is 4. The van der Waals surface area contributed by atoms with E-state index < -0.39 is 5.97 Å². The van der Waals surface area contributed by atoms with E-state index in [1.807, 2.05) is 19.9 Å². The van der Waals surface area contributed by atoms with E-state index in [0.717, 1.165) is 11.1 Å². The summed E-state index contributed by atoms with van der Waals surface area (Å²) in [5.74, 6) is -0.0928. The number of nitrogens with zero attached hydrogens (tertiary/aromatic N) is 1. The van der Waals surface area contributed by atoms with Crippen molar-refractivity contribution >= 4 is 5.97 Å². The van der Waals surface area contributed by atoms with E-state index in [2.05, 4.69) is 0 Å². The van der Waals surface area contributed by atoms with Crippen LogP contribution in [0.25, 0.3) is 0 Å². The first-order valence-electron chi connectivity index (χ1n) is 10.8. The molecule has 3 rings (SSSR count). The lowest BCUT2D eigenvalue weighted by Crippen LogP contribution is -2.52. The molecule has 2 aliphatic rings. The summed E-state index contributed by atoms with van der Waals surface area (Å²) in [6.07, 6.45) is 3.04. The molecule has 0 saturated carbocycles. The summed E-state index contributed by atoms with van der Waals surface area (Å²) in [5.41, 5.74) is 3.15. The maximum absolute atomic E-state index is 12.4. The number of carbonyl (C=O) groups is 1. The summed E-state index contributed by atoms with van der Waals surface area (Å²) in [5, 5.41) is 33.1. The number of aliphatic hydroxyl groups excluding tert-OH is 1. The van der Waals surface area contributed by atoms with Crippen molar-refractivity contribution in [1.82, 2.24) is 0 Å². The Morgan fingerprint density at radius 3 is 2.69 bits per heavy atom. The van der Waals surface area contributed by atoms with Gasteiger partial charge in [-0.2, -0.15) is 0 Å². The summed E-state index contributed by atoms with van der Waals surface area (Å²) in [6.45, 7) is 6.04. The number of quaternary nitrogens is 1. The average Bonchev–Trinajstić information content (AvgIpc) is 3.16. The molecule has 177 valence electrons. The molecule has 2 N–H and O–H groups in total. The van der Waals surface area contributed by atoms with Crippen molar-refractivity contribution < 1.29 is 38.6 Å². The van der Waals surface area contributed by atoms with Gasteiger partial charge in [0.25, 0.3) is 0 Å². The van der Waals surface area contributed by atoms with Gasteiger partial charge in [-0.3, -0.25) is 0 Å². The topological polar surface area (TPSA) is 118 Å². The number of benzene rings is 1. The third kappa shape index (κ3) is 5.60. The Hall–Kier alpha value is -2.17. The average molecular weight is 451 g/mol. The highest BCUT2D eigenvalue weighted by molar-refractivity contribution is 5.98. The first-order chi connectivity index (χ1) is 15.3. The van der Waals surface area contributed by atoms with Crippen LogP contribution in [-0.2, 0) is 27.2 Å². The number of esters is 1. The fourth-order valence-corrected chi connectivity index (χ4v) is 4.01. The number of cyclic esters (lactones) is 1. The normalized spacial score (nSPS) is 18.1. The van der Waals surface area contributed by atoms with Crippen LogP contribution in [0.1, 0.15) is 46.8 Å². The van der Waals surface area contributed by atoms with Crippen LogP contribution >= 0.6 is 0 Å². The minimum absolute atomic E-state index is 0.103. The molecule has 1 aromatic rings. The fraction of sp³-hybridized carbons (Fsp3) is 0.565. The van der Waals surface area contributed by atoms with Crippen LogP contribution < -0.4 is 4.74 Å². The number of phenolic OH excluding ortho intramolecular Hbond substituents is 1. The predicted molar refractivity (Wildman–Crippen MR) is 115 cm³/mol. The van der Waals surface area contributed by atoms with Crippen LogP contribution in [0, 0.1) is 18.4 Å². The summed E-state index contributed by atoms with van der Waals surface area (Å²) >= 11 is 0. The standard InChI is InChI=1S/C23H32NO8/c1-15(5-7-19(25)31-13-10-24(28)8-11-30-12-9-24)4-6-17-21(26)20-18(14-32-23(20)27)16(2)22(17)29-3/h4,25-26H,5-14H2,1-3H3/b15-4+. The molecule has 0 aromatic heterocycles. The minimum atomic E-state index is -0.527. The third-order valence-electron chi connectivity index (χ3n) is 6.09. The number of hydrogen-bond acceptors (Lipinski definition) is 8. The summed E-state index contributed by atoms with van der Waals surface area (Å²) < 4.78 is 20.7. The zero-order valence-corrected chi connectivity index (χ0v) is 18.9.